The van der Waals surface area contributed by atoms with Crippen LogP contribution in [0.4, 0.5) is 13.2 Å². The molecule has 0 spiro atoms. The molecule has 3 aromatic rings. The van der Waals surface area contributed by atoms with Crippen LogP contribution in [0.3, 0.4) is 0 Å². The first-order valence-corrected chi connectivity index (χ1v) is 21.2. The van der Waals surface area contributed by atoms with Gasteiger partial charge in [0, 0.05) is 28.5 Å². The molecule has 8 rings (SSSR count). The fourth-order valence-electron chi connectivity index (χ4n) is 10.6. The van der Waals surface area contributed by atoms with Crippen molar-refractivity contribution in [3.05, 3.63) is 93.2 Å². The number of carbonyl (C=O) groups excluding carboxylic acids is 3. The van der Waals surface area contributed by atoms with Crippen molar-refractivity contribution in [3.8, 4) is 11.3 Å². The number of rotatable bonds is 8. The molecule has 2 aromatic carbocycles. The minimum atomic E-state index is -4.62. The third kappa shape index (κ3) is 7.06. The number of furan rings is 1. The Morgan fingerprint density at radius 1 is 0.983 bits per heavy atom. The largest absolute Gasteiger partial charge is 0.453 e. The average molecular weight is 838 g/mol. The second-order valence-electron chi connectivity index (χ2n) is 18.5. The smallest absolute Gasteiger partial charge is 0.416 e. The molecule has 1 aliphatic heterocycles. The number of nitrogens with zero attached hydrogens (tertiary/aromatic N) is 1. The van der Waals surface area contributed by atoms with Gasteiger partial charge < -0.3 is 24.3 Å². The summed E-state index contributed by atoms with van der Waals surface area (Å²) in [5, 5.41) is 24.2. The van der Waals surface area contributed by atoms with E-state index in [-0.39, 0.29) is 46.4 Å². The van der Waals surface area contributed by atoms with Crippen LogP contribution in [0.5, 0.6) is 0 Å². The minimum absolute atomic E-state index is 0.000743. The lowest BCUT2D eigenvalue weighted by atomic mass is 9.64. The number of allylic oxidation sites excluding steroid dienone is 2. The molecule has 5 aliphatic rings. The number of carbonyl (C=O) groups is 3. The number of fused-ring (bicyclic) bond motifs is 10. The molecule has 2 saturated carbocycles. The summed E-state index contributed by atoms with van der Waals surface area (Å²) in [6.07, 6.45) is 1.81. The number of esters is 1. The SMILES string of the molecule is CCCN(C[C@]1(O)CC[C@H]2c3ccc(cc3C(=O)c3ccc(-c4cc(C(F)(F)F)ccc4Cl)o3)C[C@@H](O)CCC(C)=CCC[C@@]21C)C(=O)[C@@]12CC[C@@](C)(C(=O)O1)C2(C)C. The number of ketones is 1. The van der Waals surface area contributed by atoms with Crippen LogP contribution >= 0.6 is 11.6 Å². The second-order valence-corrected chi connectivity index (χ2v) is 18.9. The standard InChI is InChI=1S/C47H55ClF3NO7/c1-7-23-52(40(55)46-22-21-44(6,41(56)59-46)42(46,3)4)27-45(57)20-18-35-32-14-11-29(24-31(53)13-10-28(2)9-8-19-43(35,45)5)25-33(32)39(54)38-17-16-37(58-38)34-26-30(47(49,50)51)12-15-36(34)48/h9,11-12,14-17,25-26,31,35,53,57H,7-8,10,13,18-24,27H2,1-6H3/t31-,35-,43-,44-,45+,46+/m0/s1. The van der Waals surface area contributed by atoms with Gasteiger partial charge in [0.25, 0.3) is 5.91 Å². The molecular weight excluding hydrogens is 783 g/mol. The number of alkyl halides is 3. The molecule has 59 heavy (non-hydrogen) atoms. The van der Waals surface area contributed by atoms with E-state index in [1.165, 1.54) is 12.1 Å². The third-order valence-corrected chi connectivity index (χ3v) is 15.3. The van der Waals surface area contributed by atoms with Gasteiger partial charge in [0.2, 0.25) is 5.78 Å². The van der Waals surface area contributed by atoms with Crippen LogP contribution < -0.4 is 0 Å². The molecule has 4 aliphatic carbocycles. The van der Waals surface area contributed by atoms with E-state index in [9.17, 15) is 37.8 Å². The van der Waals surface area contributed by atoms with E-state index in [0.29, 0.717) is 81.9 Å². The van der Waals surface area contributed by atoms with Gasteiger partial charge in [-0.25, -0.2) is 0 Å². The van der Waals surface area contributed by atoms with Gasteiger partial charge in [0.15, 0.2) is 11.4 Å². The van der Waals surface area contributed by atoms with Gasteiger partial charge in [-0.05, 0) is 131 Å². The quantitative estimate of drug-likeness (QED) is 0.132. The van der Waals surface area contributed by atoms with Crippen molar-refractivity contribution in [1.82, 2.24) is 4.90 Å². The molecule has 1 saturated heterocycles. The van der Waals surface area contributed by atoms with Gasteiger partial charge in [0.1, 0.15) is 5.76 Å². The van der Waals surface area contributed by atoms with E-state index in [1.54, 1.807) is 11.0 Å². The van der Waals surface area contributed by atoms with Crippen LogP contribution in [-0.4, -0.2) is 63.2 Å². The summed E-state index contributed by atoms with van der Waals surface area (Å²) in [6, 6.07) is 11.3. The van der Waals surface area contributed by atoms with Crippen molar-refractivity contribution in [2.24, 2.45) is 16.2 Å². The van der Waals surface area contributed by atoms with Crippen LogP contribution in [0.25, 0.3) is 11.3 Å². The van der Waals surface area contributed by atoms with Gasteiger partial charge in [-0.3, -0.25) is 14.4 Å². The van der Waals surface area contributed by atoms with Crippen LogP contribution in [0, 0.1) is 16.2 Å². The molecule has 6 atom stereocenters. The van der Waals surface area contributed by atoms with E-state index < -0.39 is 51.1 Å². The number of hydrogen-bond acceptors (Lipinski definition) is 7. The molecule has 1 amide bonds. The zero-order valence-corrected chi connectivity index (χ0v) is 35.5. The molecule has 8 nitrogen and oxygen atoms in total. The lowest BCUT2D eigenvalue weighted by Gasteiger charge is -2.47. The van der Waals surface area contributed by atoms with Gasteiger partial charge in [-0.2, -0.15) is 13.2 Å². The Bertz CT molecular complexity index is 2190. The fourth-order valence-corrected chi connectivity index (χ4v) is 10.8. The van der Waals surface area contributed by atoms with Gasteiger partial charge in [0.05, 0.1) is 34.3 Å². The summed E-state index contributed by atoms with van der Waals surface area (Å²) in [7, 11) is 0. The maximum atomic E-state index is 14.8. The Hall–Kier alpha value is -3.93. The molecular formula is C47H55ClF3NO7. The maximum absolute atomic E-state index is 14.8. The number of aliphatic hydroxyl groups is 2. The number of aliphatic hydroxyl groups excluding tert-OH is 1. The highest BCUT2D eigenvalue weighted by Crippen LogP contribution is 2.66. The van der Waals surface area contributed by atoms with Gasteiger partial charge in [-0.15, -0.1) is 0 Å². The normalized spacial score (nSPS) is 30.4. The minimum Gasteiger partial charge on any atom is -0.453 e. The van der Waals surface area contributed by atoms with Crippen LogP contribution in [0.1, 0.15) is 138 Å². The Morgan fingerprint density at radius 3 is 2.39 bits per heavy atom. The highest BCUT2D eigenvalue weighted by molar-refractivity contribution is 6.33. The van der Waals surface area contributed by atoms with Crippen molar-refractivity contribution < 1.29 is 46.9 Å². The molecule has 318 valence electrons. The molecule has 2 heterocycles. The van der Waals surface area contributed by atoms with E-state index >= 15 is 0 Å². The summed E-state index contributed by atoms with van der Waals surface area (Å²) in [5.74, 6) is -1.62. The molecule has 1 aromatic heterocycles. The predicted octanol–water partition coefficient (Wildman–Crippen LogP) is 10.2. The summed E-state index contributed by atoms with van der Waals surface area (Å²) < 4.78 is 53.0. The van der Waals surface area contributed by atoms with Crippen molar-refractivity contribution in [2.75, 3.05) is 13.1 Å². The highest BCUT2D eigenvalue weighted by Gasteiger charge is 2.76. The zero-order valence-electron chi connectivity index (χ0n) is 34.7. The fraction of sp³-hybridized carbons (Fsp3) is 0.553. The number of amides is 1. The summed E-state index contributed by atoms with van der Waals surface area (Å²) in [4.78, 5) is 44.4. The van der Waals surface area contributed by atoms with Crippen LogP contribution in [-0.2, 0) is 26.9 Å². The van der Waals surface area contributed by atoms with E-state index in [4.69, 9.17) is 20.8 Å². The average Bonchev–Trinajstić information content (AvgIpc) is 3.85. The number of hydrogen-bond donors (Lipinski definition) is 2. The first kappa shape index (κ1) is 43.2. The van der Waals surface area contributed by atoms with E-state index in [0.717, 1.165) is 29.3 Å². The van der Waals surface area contributed by atoms with Gasteiger partial charge in [-0.1, -0.05) is 63.1 Å². The van der Waals surface area contributed by atoms with Crippen LogP contribution in [0.2, 0.25) is 5.02 Å². The second kappa shape index (κ2) is 15.2. The van der Waals surface area contributed by atoms with E-state index in [1.807, 2.05) is 53.7 Å². The zero-order chi connectivity index (χ0) is 42.9. The van der Waals surface area contributed by atoms with Crippen molar-refractivity contribution in [1.29, 1.82) is 0 Å². The van der Waals surface area contributed by atoms with Crippen LogP contribution in [0.15, 0.2) is 64.6 Å². The number of ether oxygens (including phenoxy) is 1. The highest BCUT2D eigenvalue weighted by atomic mass is 35.5. The first-order valence-electron chi connectivity index (χ1n) is 20.8. The first-order chi connectivity index (χ1) is 27.6. The molecule has 0 radical (unpaired) electrons. The molecule has 4 bridgehead atoms. The monoisotopic (exact) mass is 837 g/mol. The number of halogens is 4. The topological polar surface area (TPSA) is 117 Å². The lowest BCUT2D eigenvalue weighted by Crippen LogP contribution is -2.60. The maximum Gasteiger partial charge on any atom is 0.416 e. The number of benzene rings is 2. The molecule has 3 fully saturated rings. The summed E-state index contributed by atoms with van der Waals surface area (Å²) in [5.41, 5.74) is -3.28. The Kier molecular flexibility index (Phi) is 11.1. The lowest BCUT2D eigenvalue weighted by molar-refractivity contribution is -0.177. The Morgan fingerprint density at radius 2 is 1.73 bits per heavy atom. The molecule has 0 unspecified atom stereocenters. The molecule has 2 N–H and O–H groups in total. The Balaban J connectivity index is 1.29. The predicted molar refractivity (Wildman–Crippen MR) is 218 cm³/mol. The van der Waals surface area contributed by atoms with Gasteiger partial charge >= 0.3 is 12.1 Å². The molecule has 12 heteroatoms. The van der Waals surface area contributed by atoms with Crippen molar-refractivity contribution in [3.63, 3.8) is 0 Å². The summed E-state index contributed by atoms with van der Waals surface area (Å²) in [6.45, 7) is 12.1. The van der Waals surface area contributed by atoms with Crippen molar-refractivity contribution >= 4 is 29.3 Å². The van der Waals surface area contributed by atoms with E-state index in [2.05, 4.69) is 6.08 Å². The summed E-state index contributed by atoms with van der Waals surface area (Å²) >= 11 is 6.34. The Labute approximate surface area is 349 Å². The van der Waals surface area contributed by atoms with Crippen molar-refractivity contribution in [2.45, 2.75) is 135 Å². The third-order valence-electron chi connectivity index (χ3n) is 15.0.